The van der Waals surface area contributed by atoms with Crippen LogP contribution in [0.1, 0.15) is 42.6 Å². The summed E-state index contributed by atoms with van der Waals surface area (Å²) in [7, 11) is 0. The van der Waals surface area contributed by atoms with Crippen molar-refractivity contribution in [3.8, 4) is 0 Å². The second-order valence-electron chi connectivity index (χ2n) is 5.87. The lowest BCUT2D eigenvalue weighted by atomic mass is 10.2. The molecule has 2 aromatic rings. The maximum absolute atomic E-state index is 11.9. The molecule has 1 aromatic heterocycles. The molecule has 2 heterocycles. The van der Waals surface area contributed by atoms with Gasteiger partial charge in [0.2, 0.25) is 11.8 Å². The smallest absolute Gasteiger partial charge is 0.255 e. The van der Waals surface area contributed by atoms with Crippen LogP contribution in [0, 0.1) is 6.92 Å². The van der Waals surface area contributed by atoms with Gasteiger partial charge in [0.05, 0.1) is 6.54 Å². The van der Waals surface area contributed by atoms with Crippen LogP contribution in [0.2, 0.25) is 0 Å². The summed E-state index contributed by atoms with van der Waals surface area (Å²) in [5.41, 5.74) is 1.63. The summed E-state index contributed by atoms with van der Waals surface area (Å²) >= 11 is 0. The van der Waals surface area contributed by atoms with Crippen LogP contribution in [-0.2, 0) is 20.9 Å². The number of carbonyl (C=O) groups excluding carboxylic acids is 2. The highest BCUT2D eigenvalue weighted by Crippen LogP contribution is 2.26. The van der Waals surface area contributed by atoms with E-state index in [4.69, 9.17) is 9.26 Å². The number of rotatable bonds is 6. The SMILES string of the molecule is Cc1ccccc1NC(=O)CC(=O)NCc1noc([C@@H]2CCCO2)n1. The van der Waals surface area contributed by atoms with E-state index in [2.05, 4.69) is 20.8 Å². The van der Waals surface area contributed by atoms with Gasteiger partial charge in [-0.15, -0.1) is 0 Å². The van der Waals surface area contributed by atoms with Gasteiger partial charge in [0.15, 0.2) is 5.82 Å². The summed E-state index contributed by atoms with van der Waals surface area (Å²) < 4.78 is 10.6. The highest BCUT2D eigenvalue weighted by Gasteiger charge is 2.23. The topological polar surface area (TPSA) is 106 Å². The van der Waals surface area contributed by atoms with E-state index in [1.54, 1.807) is 6.07 Å². The first-order valence-electron chi connectivity index (χ1n) is 8.18. The van der Waals surface area contributed by atoms with Gasteiger partial charge in [-0.2, -0.15) is 4.98 Å². The molecule has 0 unspecified atom stereocenters. The molecular formula is C17H20N4O4. The van der Waals surface area contributed by atoms with Crippen molar-refractivity contribution in [2.24, 2.45) is 0 Å². The molecule has 1 aromatic carbocycles. The van der Waals surface area contributed by atoms with E-state index in [1.807, 2.05) is 25.1 Å². The maximum Gasteiger partial charge on any atom is 0.255 e. The van der Waals surface area contributed by atoms with Gasteiger partial charge in [0, 0.05) is 12.3 Å². The molecule has 8 heteroatoms. The van der Waals surface area contributed by atoms with E-state index in [1.165, 1.54) is 0 Å². The largest absolute Gasteiger partial charge is 0.368 e. The Morgan fingerprint density at radius 2 is 2.12 bits per heavy atom. The first-order chi connectivity index (χ1) is 12.1. The van der Waals surface area contributed by atoms with Crippen LogP contribution in [0.25, 0.3) is 0 Å². The predicted molar refractivity (Wildman–Crippen MR) is 88.5 cm³/mol. The molecule has 132 valence electrons. The quantitative estimate of drug-likeness (QED) is 0.775. The Bertz CT molecular complexity index is 753. The van der Waals surface area contributed by atoms with Crippen LogP contribution in [0.4, 0.5) is 5.69 Å². The highest BCUT2D eigenvalue weighted by atomic mass is 16.5. The zero-order chi connectivity index (χ0) is 17.6. The molecule has 2 amide bonds. The molecule has 0 bridgehead atoms. The van der Waals surface area contributed by atoms with Crippen molar-refractivity contribution in [3.05, 3.63) is 41.5 Å². The number of hydrogen-bond donors (Lipinski definition) is 2. The van der Waals surface area contributed by atoms with Crippen LogP contribution in [0.3, 0.4) is 0 Å². The number of anilines is 1. The Hall–Kier alpha value is -2.74. The van der Waals surface area contributed by atoms with E-state index in [0.29, 0.717) is 24.0 Å². The minimum atomic E-state index is -0.408. The molecule has 8 nitrogen and oxygen atoms in total. The monoisotopic (exact) mass is 344 g/mol. The number of nitrogens with one attached hydrogen (secondary N) is 2. The molecule has 1 aliphatic heterocycles. The minimum absolute atomic E-state index is 0.104. The van der Waals surface area contributed by atoms with Crippen LogP contribution in [0.15, 0.2) is 28.8 Å². The first-order valence-corrected chi connectivity index (χ1v) is 8.18. The third kappa shape index (κ3) is 4.63. The number of benzene rings is 1. The Balaban J connectivity index is 1.45. The fourth-order valence-corrected chi connectivity index (χ4v) is 2.54. The second-order valence-corrected chi connectivity index (χ2v) is 5.87. The molecule has 0 spiro atoms. The van der Waals surface area contributed by atoms with Crippen LogP contribution in [0.5, 0.6) is 0 Å². The number of ether oxygens (including phenoxy) is 1. The van der Waals surface area contributed by atoms with Crippen molar-refractivity contribution in [1.82, 2.24) is 15.5 Å². The molecular weight excluding hydrogens is 324 g/mol. The van der Waals surface area contributed by atoms with Crippen molar-refractivity contribution in [2.75, 3.05) is 11.9 Å². The molecule has 3 rings (SSSR count). The van der Waals surface area contributed by atoms with E-state index in [9.17, 15) is 9.59 Å². The number of carbonyl (C=O) groups is 2. The van der Waals surface area contributed by atoms with Crippen molar-refractivity contribution >= 4 is 17.5 Å². The van der Waals surface area contributed by atoms with Gasteiger partial charge >= 0.3 is 0 Å². The summed E-state index contributed by atoms with van der Waals surface area (Å²) in [4.78, 5) is 28.0. The maximum atomic E-state index is 11.9. The molecule has 1 aliphatic rings. The highest BCUT2D eigenvalue weighted by molar-refractivity contribution is 6.03. The van der Waals surface area contributed by atoms with E-state index in [0.717, 1.165) is 18.4 Å². The van der Waals surface area contributed by atoms with E-state index < -0.39 is 5.91 Å². The summed E-state index contributed by atoms with van der Waals surface area (Å²) in [5, 5.41) is 9.13. The Labute approximate surface area is 144 Å². The third-order valence-electron chi connectivity index (χ3n) is 3.87. The number of hydrogen-bond acceptors (Lipinski definition) is 6. The molecule has 0 saturated carbocycles. The number of aryl methyl sites for hydroxylation is 1. The number of aromatic nitrogens is 2. The number of amides is 2. The van der Waals surface area contributed by atoms with Gasteiger partial charge < -0.3 is 19.9 Å². The van der Waals surface area contributed by atoms with Crippen molar-refractivity contribution < 1.29 is 18.8 Å². The van der Waals surface area contributed by atoms with Gasteiger partial charge in [-0.3, -0.25) is 9.59 Å². The van der Waals surface area contributed by atoms with Gasteiger partial charge in [0.1, 0.15) is 12.5 Å². The van der Waals surface area contributed by atoms with E-state index in [-0.39, 0.29) is 25.0 Å². The second kappa shape index (κ2) is 7.89. The van der Waals surface area contributed by atoms with Crippen molar-refractivity contribution in [1.29, 1.82) is 0 Å². The molecule has 0 aliphatic carbocycles. The first kappa shape index (κ1) is 17.1. The van der Waals surface area contributed by atoms with Crippen LogP contribution < -0.4 is 10.6 Å². The molecule has 1 atom stereocenters. The van der Waals surface area contributed by atoms with Gasteiger partial charge in [-0.1, -0.05) is 23.4 Å². The summed E-state index contributed by atoms with van der Waals surface area (Å²) in [5.74, 6) is 0.00622. The van der Waals surface area contributed by atoms with Gasteiger partial charge in [0.25, 0.3) is 5.89 Å². The standard InChI is InChI=1S/C17H20N4O4/c1-11-5-2-3-6-12(11)19-16(23)9-15(22)18-10-14-20-17(25-21-14)13-7-4-8-24-13/h2-3,5-6,13H,4,7-10H2,1H3,(H,18,22)(H,19,23)/t13-/m0/s1. The molecule has 1 fully saturated rings. The zero-order valence-electron chi connectivity index (χ0n) is 13.9. The molecule has 0 radical (unpaired) electrons. The number of nitrogens with zero attached hydrogens (tertiary/aromatic N) is 2. The predicted octanol–water partition coefficient (Wildman–Crippen LogP) is 1.87. The minimum Gasteiger partial charge on any atom is -0.368 e. The average Bonchev–Trinajstić information content (AvgIpc) is 3.26. The third-order valence-corrected chi connectivity index (χ3v) is 3.87. The lowest BCUT2D eigenvalue weighted by Gasteiger charge is -2.07. The molecule has 25 heavy (non-hydrogen) atoms. The summed E-state index contributed by atoms with van der Waals surface area (Å²) in [6, 6.07) is 7.38. The van der Waals surface area contributed by atoms with E-state index >= 15 is 0 Å². The van der Waals surface area contributed by atoms with Gasteiger partial charge in [-0.25, -0.2) is 0 Å². The molecule has 2 N–H and O–H groups in total. The van der Waals surface area contributed by atoms with Crippen LogP contribution >= 0.6 is 0 Å². The van der Waals surface area contributed by atoms with Crippen molar-refractivity contribution in [2.45, 2.75) is 38.8 Å². The fraction of sp³-hybridized carbons (Fsp3) is 0.412. The lowest BCUT2D eigenvalue weighted by Crippen LogP contribution is -2.28. The summed E-state index contributed by atoms with van der Waals surface area (Å²) in [6.45, 7) is 2.68. The number of para-hydroxylation sites is 1. The lowest BCUT2D eigenvalue weighted by molar-refractivity contribution is -0.126. The van der Waals surface area contributed by atoms with Crippen molar-refractivity contribution in [3.63, 3.8) is 0 Å². The zero-order valence-corrected chi connectivity index (χ0v) is 13.9. The Kier molecular flexibility index (Phi) is 5.39. The Morgan fingerprint density at radius 1 is 1.28 bits per heavy atom. The fourth-order valence-electron chi connectivity index (χ4n) is 2.54. The van der Waals surface area contributed by atoms with Crippen LogP contribution in [-0.4, -0.2) is 28.6 Å². The Morgan fingerprint density at radius 3 is 2.88 bits per heavy atom. The summed E-state index contributed by atoms with van der Waals surface area (Å²) in [6.07, 6.45) is 1.39. The normalized spacial score (nSPS) is 16.6. The van der Waals surface area contributed by atoms with Gasteiger partial charge in [-0.05, 0) is 31.4 Å². The molecule has 1 saturated heterocycles. The average molecular weight is 344 g/mol.